The van der Waals surface area contributed by atoms with Crippen LogP contribution in [0.2, 0.25) is 0 Å². The van der Waals surface area contributed by atoms with Crippen LogP contribution in [0, 0.1) is 17.6 Å². The lowest BCUT2D eigenvalue weighted by Gasteiger charge is -2.16. The van der Waals surface area contributed by atoms with E-state index in [-0.39, 0.29) is 23.9 Å². The third-order valence-corrected chi connectivity index (χ3v) is 1.94. The van der Waals surface area contributed by atoms with Crippen molar-refractivity contribution in [2.24, 2.45) is 11.7 Å². The van der Waals surface area contributed by atoms with Crippen molar-refractivity contribution >= 4 is 12.4 Å². The van der Waals surface area contributed by atoms with Crippen LogP contribution in [0.5, 0.6) is 0 Å². The number of nitrogens with zero attached hydrogens (tertiary/aromatic N) is 1. The molecule has 0 saturated carbocycles. The third kappa shape index (κ3) is 2.62. The molecule has 1 aromatic rings. The molecule has 1 atom stereocenters. The highest BCUT2D eigenvalue weighted by Gasteiger charge is 2.19. The van der Waals surface area contributed by atoms with Gasteiger partial charge in [0, 0.05) is 11.6 Å². The van der Waals surface area contributed by atoms with Gasteiger partial charge in [0.15, 0.2) is 0 Å². The minimum absolute atomic E-state index is 0. The third-order valence-electron chi connectivity index (χ3n) is 1.94. The first-order valence-corrected chi connectivity index (χ1v) is 4.08. The lowest BCUT2D eigenvalue weighted by atomic mass is 9.97. The second kappa shape index (κ2) is 5.22. The molecule has 0 aliphatic carbocycles. The number of aromatic nitrogens is 1. The molecular weight excluding hydrogens is 210 g/mol. The molecule has 5 heteroatoms. The predicted molar refractivity (Wildman–Crippen MR) is 53.2 cm³/mol. The summed E-state index contributed by atoms with van der Waals surface area (Å²) in [5.74, 6) is -1.37. The fraction of sp³-hybridized carbons (Fsp3) is 0.444. The lowest BCUT2D eigenvalue weighted by molar-refractivity contribution is 0.451. The average Bonchev–Trinajstić information content (AvgIpc) is 2.03. The summed E-state index contributed by atoms with van der Waals surface area (Å²) in [4.78, 5) is 3.38. The first-order valence-electron chi connectivity index (χ1n) is 4.08. The molecule has 0 unspecified atom stereocenters. The monoisotopic (exact) mass is 222 g/mol. The number of pyridine rings is 1. The van der Waals surface area contributed by atoms with Crippen LogP contribution < -0.4 is 5.73 Å². The van der Waals surface area contributed by atoms with Crippen molar-refractivity contribution in [3.63, 3.8) is 0 Å². The molecule has 1 heterocycles. The number of hydrogen-bond donors (Lipinski definition) is 1. The van der Waals surface area contributed by atoms with Crippen molar-refractivity contribution in [3.8, 4) is 0 Å². The van der Waals surface area contributed by atoms with Crippen LogP contribution in [-0.4, -0.2) is 4.98 Å². The fourth-order valence-electron chi connectivity index (χ4n) is 1.07. The molecular formula is C9H13ClF2N2. The molecule has 14 heavy (non-hydrogen) atoms. The molecule has 1 rings (SSSR count). The van der Waals surface area contributed by atoms with Crippen LogP contribution in [0.25, 0.3) is 0 Å². The van der Waals surface area contributed by atoms with Crippen LogP contribution in [0.15, 0.2) is 12.4 Å². The Morgan fingerprint density at radius 3 is 2.00 bits per heavy atom. The fourth-order valence-corrected chi connectivity index (χ4v) is 1.07. The molecule has 80 valence electrons. The number of halogens is 3. The molecule has 0 aromatic carbocycles. The van der Waals surface area contributed by atoms with E-state index in [9.17, 15) is 8.78 Å². The smallest absolute Gasteiger partial charge is 0.149 e. The Kier molecular flexibility index (Phi) is 4.94. The SMILES string of the molecule is CC(C)[C@@H](N)c1c(F)cncc1F.Cl. The molecule has 0 aliphatic heterocycles. The molecule has 0 aliphatic rings. The summed E-state index contributed by atoms with van der Waals surface area (Å²) in [7, 11) is 0. The Morgan fingerprint density at radius 1 is 1.21 bits per heavy atom. The van der Waals surface area contributed by atoms with Gasteiger partial charge in [0.1, 0.15) is 11.6 Å². The maximum absolute atomic E-state index is 13.1. The maximum atomic E-state index is 13.1. The maximum Gasteiger partial charge on any atom is 0.149 e. The first kappa shape index (κ1) is 13.3. The van der Waals surface area contributed by atoms with Crippen molar-refractivity contribution in [1.29, 1.82) is 0 Å². The molecule has 0 saturated heterocycles. The quantitative estimate of drug-likeness (QED) is 0.835. The Hall–Kier alpha value is -0.740. The van der Waals surface area contributed by atoms with Gasteiger partial charge in [0.05, 0.1) is 12.4 Å². The summed E-state index contributed by atoms with van der Waals surface area (Å²) in [5.41, 5.74) is 5.55. The van der Waals surface area contributed by atoms with E-state index in [0.29, 0.717) is 0 Å². The first-order chi connectivity index (χ1) is 6.04. The van der Waals surface area contributed by atoms with Gasteiger partial charge < -0.3 is 5.73 Å². The van der Waals surface area contributed by atoms with Crippen LogP contribution in [0.3, 0.4) is 0 Å². The second-order valence-electron chi connectivity index (χ2n) is 3.29. The van der Waals surface area contributed by atoms with Gasteiger partial charge in [-0.2, -0.15) is 0 Å². The van der Waals surface area contributed by atoms with Crippen molar-refractivity contribution < 1.29 is 8.78 Å². The van der Waals surface area contributed by atoms with Gasteiger partial charge in [-0.15, -0.1) is 12.4 Å². The minimum atomic E-state index is -0.679. The number of nitrogens with two attached hydrogens (primary N) is 1. The van der Waals surface area contributed by atoms with E-state index in [0.717, 1.165) is 12.4 Å². The molecule has 0 bridgehead atoms. The van der Waals surface area contributed by atoms with E-state index in [2.05, 4.69) is 4.98 Å². The summed E-state index contributed by atoms with van der Waals surface area (Å²) in [6.45, 7) is 3.62. The van der Waals surface area contributed by atoms with Gasteiger partial charge in [0.25, 0.3) is 0 Å². The molecule has 0 fully saturated rings. The summed E-state index contributed by atoms with van der Waals surface area (Å²) < 4.78 is 26.2. The second-order valence-corrected chi connectivity index (χ2v) is 3.29. The topological polar surface area (TPSA) is 38.9 Å². The predicted octanol–water partition coefficient (Wildman–Crippen LogP) is 2.44. The van der Waals surface area contributed by atoms with E-state index in [1.165, 1.54) is 0 Å². The molecule has 0 radical (unpaired) electrons. The molecule has 0 spiro atoms. The normalized spacial score (nSPS) is 12.4. The largest absolute Gasteiger partial charge is 0.324 e. The Balaban J connectivity index is 0.00000169. The van der Waals surface area contributed by atoms with Crippen molar-refractivity contribution in [3.05, 3.63) is 29.6 Å². The van der Waals surface area contributed by atoms with Gasteiger partial charge in [-0.05, 0) is 5.92 Å². The zero-order valence-electron chi connectivity index (χ0n) is 8.00. The zero-order chi connectivity index (χ0) is 10.0. The summed E-state index contributed by atoms with van der Waals surface area (Å²) in [6.07, 6.45) is 1.95. The van der Waals surface area contributed by atoms with Crippen molar-refractivity contribution in [2.45, 2.75) is 19.9 Å². The summed E-state index contributed by atoms with van der Waals surface area (Å²) in [5, 5.41) is 0. The average molecular weight is 223 g/mol. The van der Waals surface area contributed by atoms with E-state index in [4.69, 9.17) is 5.73 Å². The van der Waals surface area contributed by atoms with Crippen molar-refractivity contribution in [1.82, 2.24) is 4.98 Å². The molecule has 0 amide bonds. The Morgan fingerprint density at radius 2 is 1.64 bits per heavy atom. The highest BCUT2D eigenvalue weighted by atomic mass is 35.5. The molecule has 1 aromatic heterocycles. The van der Waals surface area contributed by atoms with Crippen molar-refractivity contribution in [2.75, 3.05) is 0 Å². The van der Waals surface area contributed by atoms with E-state index in [1.54, 1.807) is 0 Å². The lowest BCUT2D eigenvalue weighted by Crippen LogP contribution is -2.20. The highest BCUT2D eigenvalue weighted by molar-refractivity contribution is 5.85. The van der Waals surface area contributed by atoms with Gasteiger partial charge in [-0.25, -0.2) is 8.78 Å². The van der Waals surface area contributed by atoms with Gasteiger partial charge in [-0.1, -0.05) is 13.8 Å². The molecule has 2 N–H and O–H groups in total. The minimum Gasteiger partial charge on any atom is -0.324 e. The Bertz CT molecular complexity index is 285. The van der Waals surface area contributed by atoms with Crippen LogP contribution in [0.4, 0.5) is 8.78 Å². The van der Waals surface area contributed by atoms with Crippen LogP contribution in [0.1, 0.15) is 25.5 Å². The van der Waals surface area contributed by atoms with E-state index >= 15 is 0 Å². The zero-order valence-corrected chi connectivity index (χ0v) is 8.81. The summed E-state index contributed by atoms with van der Waals surface area (Å²) >= 11 is 0. The number of rotatable bonds is 2. The van der Waals surface area contributed by atoms with E-state index < -0.39 is 17.7 Å². The highest BCUT2D eigenvalue weighted by Crippen LogP contribution is 2.23. The Labute approximate surface area is 87.9 Å². The van der Waals surface area contributed by atoms with Gasteiger partial charge >= 0.3 is 0 Å². The molecule has 2 nitrogen and oxygen atoms in total. The number of hydrogen-bond acceptors (Lipinski definition) is 2. The van der Waals surface area contributed by atoms with Crippen LogP contribution >= 0.6 is 12.4 Å². The van der Waals surface area contributed by atoms with Gasteiger partial charge in [0.2, 0.25) is 0 Å². The summed E-state index contributed by atoms with van der Waals surface area (Å²) in [6, 6.07) is -0.622. The van der Waals surface area contributed by atoms with Crippen LogP contribution in [-0.2, 0) is 0 Å². The van der Waals surface area contributed by atoms with E-state index in [1.807, 2.05) is 13.8 Å². The standard InChI is InChI=1S/C9H12F2N2.ClH/c1-5(2)9(12)8-6(10)3-13-4-7(8)11;/h3-5,9H,12H2,1-2H3;1H/t9-;/m1./s1. The van der Waals surface area contributed by atoms with Gasteiger partial charge in [-0.3, -0.25) is 4.98 Å².